The minimum Gasteiger partial charge on any atom is -0.491 e. The average Bonchev–Trinajstić information content (AvgIpc) is 2.67. The number of hydrogen-bond donors (Lipinski definition) is 1. The topological polar surface area (TPSA) is 44.8 Å². The molecule has 28 heavy (non-hydrogen) atoms. The van der Waals surface area contributed by atoms with Gasteiger partial charge in [-0.15, -0.1) is 0 Å². The Bertz CT molecular complexity index is 804. The molecule has 0 aliphatic carbocycles. The highest BCUT2D eigenvalue weighted by molar-refractivity contribution is 6.30. The Morgan fingerprint density at radius 3 is 2.61 bits per heavy atom. The van der Waals surface area contributed by atoms with Crippen molar-refractivity contribution in [1.82, 2.24) is 10.2 Å². The van der Waals surface area contributed by atoms with E-state index in [-0.39, 0.29) is 5.91 Å². The SMILES string of the molecule is Cc1ccc(OCCNC(=O)CN2CCN(c3cccc(Cl)c3)CC2)c(C)c1. The number of anilines is 1. The quantitative estimate of drug-likeness (QED) is 0.723. The van der Waals surface area contributed by atoms with Crippen molar-refractivity contribution in [2.24, 2.45) is 0 Å². The Hall–Kier alpha value is -2.24. The number of carbonyl (C=O) groups is 1. The van der Waals surface area contributed by atoms with Gasteiger partial charge in [0.2, 0.25) is 5.91 Å². The fourth-order valence-corrected chi connectivity index (χ4v) is 3.59. The third-order valence-electron chi connectivity index (χ3n) is 4.93. The lowest BCUT2D eigenvalue weighted by Crippen LogP contribution is -2.49. The van der Waals surface area contributed by atoms with Crippen LogP contribution in [0.3, 0.4) is 0 Å². The Morgan fingerprint density at radius 2 is 1.89 bits per heavy atom. The van der Waals surface area contributed by atoms with Gasteiger partial charge in [-0.2, -0.15) is 0 Å². The Labute approximate surface area is 172 Å². The lowest BCUT2D eigenvalue weighted by molar-refractivity contribution is -0.122. The molecule has 0 atom stereocenters. The van der Waals surface area contributed by atoms with Crippen molar-refractivity contribution in [2.75, 3.05) is 50.8 Å². The zero-order valence-corrected chi connectivity index (χ0v) is 17.3. The highest BCUT2D eigenvalue weighted by atomic mass is 35.5. The van der Waals surface area contributed by atoms with Gasteiger partial charge in [0.15, 0.2) is 0 Å². The zero-order chi connectivity index (χ0) is 19.9. The van der Waals surface area contributed by atoms with Gasteiger partial charge >= 0.3 is 0 Å². The van der Waals surface area contributed by atoms with Crippen LogP contribution in [-0.2, 0) is 4.79 Å². The van der Waals surface area contributed by atoms with Crippen LogP contribution in [0.15, 0.2) is 42.5 Å². The van der Waals surface area contributed by atoms with Gasteiger partial charge in [-0.3, -0.25) is 9.69 Å². The van der Waals surface area contributed by atoms with E-state index < -0.39 is 0 Å². The van der Waals surface area contributed by atoms with Crippen molar-refractivity contribution in [3.8, 4) is 5.75 Å². The van der Waals surface area contributed by atoms with Crippen molar-refractivity contribution < 1.29 is 9.53 Å². The summed E-state index contributed by atoms with van der Waals surface area (Å²) in [7, 11) is 0. The van der Waals surface area contributed by atoms with E-state index in [1.807, 2.05) is 37.3 Å². The van der Waals surface area contributed by atoms with Gasteiger partial charge in [0, 0.05) is 36.9 Å². The van der Waals surface area contributed by atoms with E-state index in [0.717, 1.165) is 48.2 Å². The molecular weight excluding hydrogens is 374 g/mol. The van der Waals surface area contributed by atoms with E-state index in [1.54, 1.807) is 0 Å². The van der Waals surface area contributed by atoms with Crippen LogP contribution in [0.2, 0.25) is 5.02 Å². The van der Waals surface area contributed by atoms with Gasteiger partial charge in [0.25, 0.3) is 0 Å². The molecule has 1 heterocycles. The first-order valence-corrected chi connectivity index (χ1v) is 10.1. The summed E-state index contributed by atoms with van der Waals surface area (Å²) in [6.45, 7) is 9.00. The Kier molecular flexibility index (Phi) is 7.18. The fourth-order valence-electron chi connectivity index (χ4n) is 3.41. The molecule has 0 spiro atoms. The van der Waals surface area contributed by atoms with Crippen LogP contribution < -0.4 is 15.0 Å². The smallest absolute Gasteiger partial charge is 0.234 e. The number of amides is 1. The maximum atomic E-state index is 12.2. The summed E-state index contributed by atoms with van der Waals surface area (Å²) in [5, 5.41) is 3.70. The fraction of sp³-hybridized carbons (Fsp3) is 0.409. The second-order valence-electron chi connectivity index (χ2n) is 7.21. The third-order valence-corrected chi connectivity index (χ3v) is 5.16. The molecule has 2 aromatic carbocycles. The molecule has 6 heteroatoms. The van der Waals surface area contributed by atoms with Gasteiger partial charge < -0.3 is 15.0 Å². The zero-order valence-electron chi connectivity index (χ0n) is 16.6. The first kappa shape index (κ1) is 20.5. The minimum absolute atomic E-state index is 0.0421. The predicted molar refractivity (Wildman–Crippen MR) is 115 cm³/mol. The highest BCUT2D eigenvalue weighted by Crippen LogP contribution is 2.21. The van der Waals surface area contributed by atoms with Crippen LogP contribution in [-0.4, -0.2) is 56.7 Å². The molecule has 1 saturated heterocycles. The Morgan fingerprint density at radius 1 is 1.11 bits per heavy atom. The molecule has 1 aliphatic rings. The normalized spacial score (nSPS) is 14.8. The first-order valence-electron chi connectivity index (χ1n) is 9.71. The molecular formula is C22H28ClN3O2. The van der Waals surface area contributed by atoms with Crippen LogP contribution in [0.1, 0.15) is 11.1 Å². The molecule has 3 rings (SSSR count). The highest BCUT2D eigenvalue weighted by Gasteiger charge is 2.19. The molecule has 0 aromatic heterocycles. The standard InChI is InChI=1S/C22H28ClN3O2/c1-17-6-7-21(18(2)14-17)28-13-8-24-22(27)16-25-9-11-26(12-10-25)20-5-3-4-19(23)15-20/h3-7,14-15H,8-13,16H2,1-2H3,(H,24,27). The number of nitrogens with zero attached hydrogens (tertiary/aromatic N) is 2. The summed E-state index contributed by atoms with van der Waals surface area (Å²) in [4.78, 5) is 16.7. The van der Waals surface area contributed by atoms with E-state index in [2.05, 4.69) is 34.2 Å². The lowest BCUT2D eigenvalue weighted by Gasteiger charge is -2.35. The van der Waals surface area contributed by atoms with Gasteiger partial charge in [0.1, 0.15) is 12.4 Å². The number of benzene rings is 2. The molecule has 150 valence electrons. The second-order valence-corrected chi connectivity index (χ2v) is 7.65. The molecule has 0 radical (unpaired) electrons. The van der Waals surface area contributed by atoms with Crippen molar-refractivity contribution in [3.05, 3.63) is 58.6 Å². The van der Waals surface area contributed by atoms with Gasteiger partial charge in [-0.1, -0.05) is 35.4 Å². The summed E-state index contributed by atoms with van der Waals surface area (Å²) in [6, 6.07) is 14.0. The predicted octanol–water partition coefficient (Wildman–Crippen LogP) is 3.27. The minimum atomic E-state index is 0.0421. The monoisotopic (exact) mass is 401 g/mol. The number of nitrogens with one attached hydrogen (secondary N) is 1. The van der Waals surface area contributed by atoms with Gasteiger partial charge in [-0.05, 0) is 43.7 Å². The van der Waals surface area contributed by atoms with Crippen molar-refractivity contribution in [3.63, 3.8) is 0 Å². The first-order chi connectivity index (χ1) is 13.5. The van der Waals surface area contributed by atoms with Gasteiger partial charge in [0.05, 0.1) is 13.1 Å². The van der Waals surface area contributed by atoms with E-state index in [4.69, 9.17) is 16.3 Å². The van der Waals surface area contributed by atoms with Crippen LogP contribution in [0.5, 0.6) is 5.75 Å². The number of rotatable bonds is 7. The third kappa shape index (κ3) is 5.88. The van der Waals surface area contributed by atoms with Crippen LogP contribution in [0, 0.1) is 13.8 Å². The number of halogens is 1. The van der Waals surface area contributed by atoms with E-state index in [0.29, 0.717) is 19.7 Å². The second kappa shape index (κ2) is 9.80. The summed E-state index contributed by atoms with van der Waals surface area (Å²) >= 11 is 6.08. The van der Waals surface area contributed by atoms with Crippen molar-refractivity contribution in [1.29, 1.82) is 0 Å². The summed E-state index contributed by atoms with van der Waals surface area (Å²) in [5.41, 5.74) is 3.47. The molecule has 1 N–H and O–H groups in total. The number of aryl methyl sites for hydroxylation is 2. The molecule has 1 amide bonds. The lowest BCUT2D eigenvalue weighted by atomic mass is 10.1. The molecule has 2 aromatic rings. The summed E-state index contributed by atoms with van der Waals surface area (Å²) in [5.74, 6) is 0.914. The maximum Gasteiger partial charge on any atom is 0.234 e. The number of carbonyl (C=O) groups excluding carboxylic acids is 1. The Balaban J connectivity index is 1.34. The number of hydrogen-bond acceptors (Lipinski definition) is 4. The summed E-state index contributed by atoms with van der Waals surface area (Å²) < 4.78 is 5.76. The molecule has 0 saturated carbocycles. The van der Waals surface area contributed by atoms with Crippen molar-refractivity contribution >= 4 is 23.2 Å². The van der Waals surface area contributed by atoms with Crippen LogP contribution in [0.25, 0.3) is 0 Å². The average molecular weight is 402 g/mol. The summed E-state index contributed by atoms with van der Waals surface area (Å²) in [6.07, 6.45) is 0. The largest absolute Gasteiger partial charge is 0.491 e. The van der Waals surface area contributed by atoms with E-state index in [1.165, 1.54) is 5.56 Å². The van der Waals surface area contributed by atoms with Crippen LogP contribution in [0.4, 0.5) is 5.69 Å². The van der Waals surface area contributed by atoms with E-state index in [9.17, 15) is 4.79 Å². The molecule has 0 bridgehead atoms. The molecule has 5 nitrogen and oxygen atoms in total. The maximum absolute atomic E-state index is 12.2. The molecule has 1 aliphatic heterocycles. The molecule has 1 fully saturated rings. The van der Waals surface area contributed by atoms with Crippen LogP contribution >= 0.6 is 11.6 Å². The van der Waals surface area contributed by atoms with Gasteiger partial charge in [-0.25, -0.2) is 0 Å². The number of piperazine rings is 1. The van der Waals surface area contributed by atoms with Crippen molar-refractivity contribution in [2.45, 2.75) is 13.8 Å². The van der Waals surface area contributed by atoms with E-state index >= 15 is 0 Å². The number of ether oxygens (including phenoxy) is 1. The molecule has 0 unspecified atom stereocenters.